The fourth-order valence-electron chi connectivity index (χ4n) is 4.36. The summed E-state index contributed by atoms with van der Waals surface area (Å²) >= 11 is 3.40. The molecule has 1 N–H and O–H groups in total. The molecule has 2 aromatic rings. The summed E-state index contributed by atoms with van der Waals surface area (Å²) in [6.07, 6.45) is 2.08. The Kier molecular flexibility index (Phi) is 6.88. The quantitative estimate of drug-likeness (QED) is 0.626. The lowest BCUT2D eigenvalue weighted by Gasteiger charge is -2.31. The Hall–Kier alpha value is -2.30. The van der Waals surface area contributed by atoms with Crippen molar-refractivity contribution in [2.45, 2.75) is 37.5 Å². The third-order valence-corrected chi connectivity index (χ3v) is 8.92. The van der Waals surface area contributed by atoms with Crippen LogP contribution in [0.4, 0.5) is 15.8 Å². The average molecular weight is 538 g/mol. The van der Waals surface area contributed by atoms with Crippen LogP contribution in [0.25, 0.3) is 0 Å². The van der Waals surface area contributed by atoms with Gasteiger partial charge in [0.15, 0.2) is 0 Å². The summed E-state index contributed by atoms with van der Waals surface area (Å²) in [6.45, 7) is 2.64. The van der Waals surface area contributed by atoms with Crippen LogP contribution in [0, 0.1) is 11.7 Å². The average Bonchev–Trinajstić information content (AvgIpc) is 3.20. The molecule has 0 spiro atoms. The monoisotopic (exact) mass is 537 g/mol. The molecular weight excluding hydrogens is 513 g/mol. The van der Waals surface area contributed by atoms with E-state index in [0.717, 1.165) is 5.56 Å². The second-order valence-corrected chi connectivity index (χ2v) is 11.0. The third kappa shape index (κ3) is 4.83. The van der Waals surface area contributed by atoms with Crippen molar-refractivity contribution in [3.63, 3.8) is 0 Å². The molecule has 0 saturated carbocycles. The maximum atomic E-state index is 13.5. The van der Waals surface area contributed by atoms with E-state index < -0.39 is 21.8 Å². The van der Waals surface area contributed by atoms with E-state index in [9.17, 15) is 22.4 Å². The maximum absolute atomic E-state index is 13.5. The zero-order valence-electron chi connectivity index (χ0n) is 18.2. The van der Waals surface area contributed by atoms with Gasteiger partial charge in [0.05, 0.1) is 10.8 Å². The van der Waals surface area contributed by atoms with E-state index >= 15 is 0 Å². The molecule has 7 nitrogen and oxygen atoms in total. The van der Waals surface area contributed by atoms with E-state index in [4.69, 9.17) is 0 Å². The summed E-state index contributed by atoms with van der Waals surface area (Å²) < 4.78 is 42.3. The number of sulfonamides is 1. The molecule has 10 heteroatoms. The van der Waals surface area contributed by atoms with Crippen molar-refractivity contribution in [2.24, 2.45) is 5.92 Å². The number of fused-ring (bicyclic) bond motifs is 1. The van der Waals surface area contributed by atoms with Crippen molar-refractivity contribution >= 4 is 49.1 Å². The molecule has 0 aromatic heterocycles. The number of halogens is 2. The number of rotatable bonds is 5. The Morgan fingerprint density at radius 1 is 1.21 bits per heavy atom. The molecule has 176 valence electrons. The van der Waals surface area contributed by atoms with Gasteiger partial charge >= 0.3 is 0 Å². The van der Waals surface area contributed by atoms with E-state index in [1.165, 1.54) is 22.5 Å². The highest BCUT2D eigenvalue weighted by Gasteiger charge is 2.36. The molecular formula is C23H25BrFN3O4S. The highest BCUT2D eigenvalue weighted by atomic mass is 79.9. The Balaban J connectivity index is 1.56. The smallest absolute Gasteiger partial charge is 0.244 e. The molecule has 0 unspecified atom stereocenters. The highest BCUT2D eigenvalue weighted by molar-refractivity contribution is 9.10. The minimum atomic E-state index is -3.91. The first-order chi connectivity index (χ1) is 15.7. The maximum Gasteiger partial charge on any atom is 0.244 e. The summed E-state index contributed by atoms with van der Waals surface area (Å²) in [4.78, 5) is 26.8. The van der Waals surface area contributed by atoms with Crippen molar-refractivity contribution < 1.29 is 22.4 Å². The fraction of sp³-hybridized carbons (Fsp3) is 0.391. The van der Waals surface area contributed by atoms with Crippen LogP contribution in [0.5, 0.6) is 0 Å². The number of carbonyl (C=O) groups is 2. The Morgan fingerprint density at radius 2 is 2.00 bits per heavy atom. The van der Waals surface area contributed by atoms with Crippen LogP contribution in [0.15, 0.2) is 45.8 Å². The summed E-state index contributed by atoms with van der Waals surface area (Å²) in [5.74, 6) is -1.40. The van der Waals surface area contributed by atoms with E-state index in [1.54, 1.807) is 30.0 Å². The number of hydrogen-bond donors (Lipinski definition) is 1. The van der Waals surface area contributed by atoms with Crippen molar-refractivity contribution in [3.8, 4) is 0 Å². The van der Waals surface area contributed by atoms with Gasteiger partial charge in [0.1, 0.15) is 5.82 Å². The van der Waals surface area contributed by atoms with Crippen LogP contribution in [0.3, 0.4) is 0 Å². The molecule has 0 aliphatic carbocycles. The van der Waals surface area contributed by atoms with Crippen molar-refractivity contribution in [2.75, 3.05) is 29.9 Å². The minimum absolute atomic E-state index is 0.0324. The van der Waals surface area contributed by atoms with Gasteiger partial charge in [-0.3, -0.25) is 9.59 Å². The molecule has 1 saturated heterocycles. The zero-order chi connectivity index (χ0) is 23.8. The molecule has 2 aliphatic rings. The molecule has 0 bridgehead atoms. The molecule has 2 aliphatic heterocycles. The van der Waals surface area contributed by atoms with E-state index in [-0.39, 0.29) is 23.3 Å². The first-order valence-electron chi connectivity index (χ1n) is 10.9. The van der Waals surface area contributed by atoms with E-state index in [1.807, 2.05) is 0 Å². The lowest BCUT2D eigenvalue weighted by Crippen LogP contribution is -2.43. The number of piperidine rings is 1. The van der Waals surface area contributed by atoms with Gasteiger partial charge in [-0.25, -0.2) is 12.8 Å². The lowest BCUT2D eigenvalue weighted by molar-refractivity contribution is -0.121. The predicted octanol–water partition coefficient (Wildman–Crippen LogP) is 3.93. The van der Waals surface area contributed by atoms with E-state index in [2.05, 4.69) is 21.2 Å². The molecule has 33 heavy (non-hydrogen) atoms. The van der Waals surface area contributed by atoms with Crippen LogP contribution in [0.1, 0.15) is 31.7 Å². The van der Waals surface area contributed by atoms with Crippen molar-refractivity contribution in [3.05, 3.63) is 52.3 Å². The lowest BCUT2D eigenvalue weighted by atomic mass is 9.99. The van der Waals surface area contributed by atoms with Crippen LogP contribution in [-0.4, -0.2) is 44.2 Å². The summed E-state index contributed by atoms with van der Waals surface area (Å²) in [7, 11) is -3.91. The molecule has 0 radical (unpaired) electrons. The summed E-state index contributed by atoms with van der Waals surface area (Å²) in [5.41, 5.74) is 1.89. The van der Waals surface area contributed by atoms with Crippen LogP contribution >= 0.6 is 15.9 Å². The second kappa shape index (κ2) is 9.52. The molecule has 2 aromatic carbocycles. The van der Waals surface area contributed by atoms with Gasteiger partial charge in [-0.2, -0.15) is 4.31 Å². The minimum Gasteiger partial charge on any atom is -0.326 e. The van der Waals surface area contributed by atoms with Gasteiger partial charge in [0, 0.05) is 41.9 Å². The number of anilines is 2. The number of nitrogens with zero attached hydrogens (tertiary/aromatic N) is 2. The largest absolute Gasteiger partial charge is 0.326 e. The molecule has 4 rings (SSSR count). The molecule has 1 fully saturated rings. The number of carbonyl (C=O) groups excluding carboxylic acids is 2. The van der Waals surface area contributed by atoms with Gasteiger partial charge in [-0.15, -0.1) is 0 Å². The van der Waals surface area contributed by atoms with Gasteiger partial charge in [-0.1, -0.05) is 13.0 Å². The molecule has 2 amide bonds. The summed E-state index contributed by atoms with van der Waals surface area (Å²) in [5, 5.41) is 2.68. The Labute approximate surface area is 201 Å². The standard InChI is InChI=1S/C23H25BrFN3O4S/c1-2-22(29)28-10-8-15-11-19(24)21(13-20(15)28)33(31,32)27-9-4-5-16(14-27)23(30)26-18-7-3-6-17(25)12-18/h3,6-7,11-13,16H,2,4-5,8-10,14H2,1H3,(H,26,30)/t16-/m1/s1. The Morgan fingerprint density at radius 3 is 2.73 bits per heavy atom. The van der Waals surface area contributed by atoms with Crippen LogP contribution < -0.4 is 10.2 Å². The third-order valence-electron chi connectivity index (χ3n) is 6.10. The summed E-state index contributed by atoms with van der Waals surface area (Å²) in [6, 6.07) is 8.92. The van der Waals surface area contributed by atoms with Crippen LogP contribution in [-0.2, 0) is 26.0 Å². The number of nitrogens with one attached hydrogen (secondary N) is 1. The first kappa shape index (κ1) is 23.8. The van der Waals surface area contributed by atoms with Gasteiger partial charge in [-0.05, 0) is 71.1 Å². The molecule has 1 atom stereocenters. The van der Waals surface area contributed by atoms with Crippen molar-refractivity contribution in [1.82, 2.24) is 4.31 Å². The van der Waals surface area contributed by atoms with Crippen LogP contribution in [0.2, 0.25) is 0 Å². The fourth-order valence-corrected chi connectivity index (χ4v) is 6.95. The number of benzene rings is 2. The normalized spacial score (nSPS) is 18.8. The topological polar surface area (TPSA) is 86.8 Å². The van der Waals surface area contributed by atoms with Gasteiger partial charge in [0.25, 0.3) is 0 Å². The van der Waals surface area contributed by atoms with E-state index in [0.29, 0.717) is 54.6 Å². The second-order valence-electron chi connectivity index (χ2n) is 8.26. The predicted molar refractivity (Wildman–Crippen MR) is 127 cm³/mol. The van der Waals surface area contributed by atoms with Gasteiger partial charge < -0.3 is 10.2 Å². The zero-order valence-corrected chi connectivity index (χ0v) is 20.6. The highest BCUT2D eigenvalue weighted by Crippen LogP contribution is 2.37. The van der Waals surface area contributed by atoms with Gasteiger partial charge in [0.2, 0.25) is 21.8 Å². The number of hydrogen-bond acceptors (Lipinski definition) is 4. The van der Waals surface area contributed by atoms with Crippen molar-refractivity contribution in [1.29, 1.82) is 0 Å². The first-order valence-corrected chi connectivity index (χ1v) is 13.1. The Bertz CT molecular complexity index is 1200. The number of amides is 2. The SMILES string of the molecule is CCC(=O)N1CCc2cc(Br)c(S(=O)(=O)N3CCC[C@@H](C(=O)Nc4cccc(F)c4)C3)cc21. The molecule has 2 heterocycles.